The molecule has 0 spiro atoms. The molecule has 2 saturated heterocycles. The van der Waals surface area contributed by atoms with Crippen molar-refractivity contribution < 1.29 is 9.53 Å². The Morgan fingerprint density at radius 2 is 1.61 bits per heavy atom. The number of piperazine rings is 1. The van der Waals surface area contributed by atoms with Crippen LogP contribution in [0, 0.1) is 0 Å². The number of carbonyl (C=O) groups excluding carboxylic acids is 1. The zero-order valence-electron chi connectivity index (χ0n) is 19.5. The summed E-state index contributed by atoms with van der Waals surface area (Å²) in [5.74, 6) is 1.30. The summed E-state index contributed by atoms with van der Waals surface area (Å²) >= 11 is 0. The van der Waals surface area contributed by atoms with Crippen LogP contribution in [-0.4, -0.2) is 98.7 Å². The number of guanidine groups is 1. The van der Waals surface area contributed by atoms with E-state index in [-0.39, 0.29) is 24.0 Å². The van der Waals surface area contributed by atoms with Gasteiger partial charge in [0.25, 0.3) is 0 Å². The van der Waals surface area contributed by atoms with E-state index < -0.39 is 0 Å². The smallest absolute Gasteiger partial charge is 0.236 e. The lowest BCUT2D eigenvalue weighted by atomic mass is 9.98. The van der Waals surface area contributed by atoms with Gasteiger partial charge < -0.3 is 19.9 Å². The van der Waals surface area contributed by atoms with Gasteiger partial charge in [-0.2, -0.15) is 0 Å². The van der Waals surface area contributed by atoms with E-state index in [1.54, 1.807) is 0 Å². The minimum Gasteiger partial charge on any atom is -0.378 e. The van der Waals surface area contributed by atoms with Crippen molar-refractivity contribution in [3.8, 4) is 0 Å². The quantitative estimate of drug-likeness (QED) is 0.208. The standard InChI is InChI=1S/C23H43N5O2.HI/c1-24-23(25-12-6-3-9-19-30-21-10-4-2-5-11-21)28-17-15-26(16-18-28)20-22(29)27-13-7-8-14-27;/h21H,2-20H2,1H3,(H,24,25);1H. The van der Waals surface area contributed by atoms with Crippen LogP contribution in [0.2, 0.25) is 0 Å². The fourth-order valence-electron chi connectivity index (χ4n) is 4.79. The SMILES string of the molecule is CN=C(NCCCCCOC1CCCCC1)N1CCN(CC(=O)N2CCCC2)CC1.I. The Labute approximate surface area is 206 Å². The highest BCUT2D eigenvalue weighted by Crippen LogP contribution is 2.20. The molecule has 3 rings (SSSR count). The van der Waals surface area contributed by atoms with E-state index in [9.17, 15) is 4.79 Å². The Morgan fingerprint density at radius 3 is 2.29 bits per heavy atom. The van der Waals surface area contributed by atoms with Crippen LogP contribution in [0.4, 0.5) is 0 Å². The highest BCUT2D eigenvalue weighted by molar-refractivity contribution is 14.0. The second kappa shape index (κ2) is 15.3. The topological polar surface area (TPSA) is 60.4 Å². The Hall–Kier alpha value is -0.610. The van der Waals surface area contributed by atoms with Gasteiger partial charge in [-0.05, 0) is 44.9 Å². The second-order valence-electron chi connectivity index (χ2n) is 9.02. The van der Waals surface area contributed by atoms with Crippen molar-refractivity contribution in [2.75, 3.05) is 66.0 Å². The third kappa shape index (κ3) is 9.42. The molecule has 1 aliphatic carbocycles. The molecule has 7 nitrogen and oxygen atoms in total. The number of ether oxygens (including phenoxy) is 1. The van der Waals surface area contributed by atoms with E-state index in [1.807, 2.05) is 11.9 Å². The molecule has 3 fully saturated rings. The Balaban J connectivity index is 0.00000341. The molecule has 1 saturated carbocycles. The maximum absolute atomic E-state index is 12.4. The van der Waals surface area contributed by atoms with Crippen LogP contribution in [0.1, 0.15) is 64.2 Å². The molecular formula is C23H44IN5O2. The van der Waals surface area contributed by atoms with Gasteiger partial charge in [0.1, 0.15) is 0 Å². The molecule has 8 heteroatoms. The van der Waals surface area contributed by atoms with Crippen LogP contribution in [0.15, 0.2) is 4.99 Å². The van der Waals surface area contributed by atoms with E-state index in [2.05, 4.69) is 20.1 Å². The van der Waals surface area contributed by atoms with Gasteiger partial charge in [0, 0.05) is 59.5 Å². The first-order valence-electron chi connectivity index (χ1n) is 12.3. The Morgan fingerprint density at radius 1 is 0.903 bits per heavy atom. The molecule has 2 heterocycles. The van der Waals surface area contributed by atoms with Crippen molar-refractivity contribution in [3.05, 3.63) is 0 Å². The fraction of sp³-hybridized carbons (Fsp3) is 0.913. The first-order chi connectivity index (χ1) is 14.8. The maximum atomic E-state index is 12.4. The zero-order chi connectivity index (χ0) is 21.0. The Kier molecular flexibility index (Phi) is 13.1. The number of nitrogens with zero attached hydrogens (tertiary/aromatic N) is 4. The van der Waals surface area contributed by atoms with Crippen LogP contribution in [0.25, 0.3) is 0 Å². The fourth-order valence-corrected chi connectivity index (χ4v) is 4.79. The van der Waals surface area contributed by atoms with Crippen LogP contribution in [0.3, 0.4) is 0 Å². The second-order valence-corrected chi connectivity index (χ2v) is 9.02. The highest BCUT2D eigenvalue weighted by atomic mass is 127. The normalized spacial score (nSPS) is 21.3. The van der Waals surface area contributed by atoms with Crippen molar-refractivity contribution in [3.63, 3.8) is 0 Å². The summed E-state index contributed by atoms with van der Waals surface area (Å²) in [6.07, 6.45) is 13.0. The molecule has 0 aromatic carbocycles. The molecule has 3 aliphatic rings. The predicted molar refractivity (Wildman–Crippen MR) is 137 cm³/mol. The van der Waals surface area contributed by atoms with Crippen molar-refractivity contribution >= 4 is 35.8 Å². The molecule has 0 radical (unpaired) electrons. The number of hydrogen-bond acceptors (Lipinski definition) is 4. The van der Waals surface area contributed by atoms with Gasteiger partial charge in [0.05, 0.1) is 12.6 Å². The van der Waals surface area contributed by atoms with Gasteiger partial charge >= 0.3 is 0 Å². The van der Waals surface area contributed by atoms with Gasteiger partial charge in [-0.25, -0.2) is 0 Å². The third-order valence-corrected chi connectivity index (χ3v) is 6.71. The van der Waals surface area contributed by atoms with Crippen molar-refractivity contribution in [2.45, 2.75) is 70.3 Å². The lowest BCUT2D eigenvalue weighted by Crippen LogP contribution is -2.54. The molecule has 0 aromatic rings. The molecule has 0 aromatic heterocycles. The van der Waals surface area contributed by atoms with Crippen LogP contribution < -0.4 is 5.32 Å². The lowest BCUT2D eigenvalue weighted by molar-refractivity contribution is -0.131. The van der Waals surface area contributed by atoms with Crippen LogP contribution in [0.5, 0.6) is 0 Å². The number of carbonyl (C=O) groups is 1. The summed E-state index contributed by atoms with van der Waals surface area (Å²) in [4.78, 5) is 23.5. The monoisotopic (exact) mass is 549 g/mol. The number of rotatable bonds is 9. The predicted octanol–water partition coefficient (Wildman–Crippen LogP) is 2.94. The first-order valence-corrected chi connectivity index (χ1v) is 12.3. The summed E-state index contributed by atoms with van der Waals surface area (Å²) in [5, 5.41) is 3.52. The molecule has 0 unspecified atom stereocenters. The largest absolute Gasteiger partial charge is 0.378 e. The number of amides is 1. The Bertz CT molecular complexity index is 528. The van der Waals surface area contributed by atoms with Crippen molar-refractivity contribution in [1.82, 2.24) is 20.0 Å². The van der Waals surface area contributed by atoms with E-state index in [1.165, 1.54) is 38.5 Å². The van der Waals surface area contributed by atoms with E-state index in [0.29, 0.717) is 18.6 Å². The first kappa shape index (κ1) is 26.6. The maximum Gasteiger partial charge on any atom is 0.236 e. The van der Waals surface area contributed by atoms with Crippen molar-refractivity contribution in [1.29, 1.82) is 0 Å². The third-order valence-electron chi connectivity index (χ3n) is 6.71. The number of unbranched alkanes of at least 4 members (excludes halogenated alkanes) is 2. The summed E-state index contributed by atoms with van der Waals surface area (Å²) in [6.45, 7) is 8.07. The van der Waals surface area contributed by atoms with Crippen LogP contribution in [-0.2, 0) is 9.53 Å². The molecule has 0 atom stereocenters. The molecular weight excluding hydrogens is 505 g/mol. The molecule has 1 N–H and O–H groups in total. The zero-order valence-corrected chi connectivity index (χ0v) is 21.9. The molecule has 1 amide bonds. The summed E-state index contributed by atoms with van der Waals surface area (Å²) in [5.41, 5.74) is 0. The van der Waals surface area contributed by atoms with Gasteiger partial charge in [0.15, 0.2) is 5.96 Å². The van der Waals surface area contributed by atoms with Gasteiger partial charge in [0.2, 0.25) is 5.91 Å². The number of aliphatic imine (C=N–C) groups is 1. The van der Waals surface area contributed by atoms with Gasteiger partial charge in [-0.15, -0.1) is 24.0 Å². The molecule has 180 valence electrons. The van der Waals surface area contributed by atoms with E-state index >= 15 is 0 Å². The minimum absolute atomic E-state index is 0. The minimum atomic E-state index is 0. The number of likely N-dealkylation sites (tertiary alicyclic amines) is 1. The summed E-state index contributed by atoms with van der Waals surface area (Å²) in [6, 6.07) is 0. The summed E-state index contributed by atoms with van der Waals surface area (Å²) in [7, 11) is 1.86. The van der Waals surface area contributed by atoms with Gasteiger partial charge in [-0.1, -0.05) is 19.3 Å². The number of nitrogens with one attached hydrogen (secondary N) is 1. The number of hydrogen-bond donors (Lipinski definition) is 1. The lowest BCUT2D eigenvalue weighted by Gasteiger charge is -2.36. The van der Waals surface area contributed by atoms with Crippen LogP contribution >= 0.6 is 24.0 Å². The molecule has 31 heavy (non-hydrogen) atoms. The average molecular weight is 550 g/mol. The molecule has 2 aliphatic heterocycles. The van der Waals surface area contributed by atoms with Crippen molar-refractivity contribution in [2.24, 2.45) is 4.99 Å². The molecule has 0 bridgehead atoms. The van der Waals surface area contributed by atoms with E-state index in [4.69, 9.17) is 4.74 Å². The highest BCUT2D eigenvalue weighted by Gasteiger charge is 2.24. The van der Waals surface area contributed by atoms with E-state index in [0.717, 1.165) is 84.1 Å². The average Bonchev–Trinajstić information content (AvgIpc) is 3.32. The number of halogens is 1. The van der Waals surface area contributed by atoms with Gasteiger partial charge in [-0.3, -0.25) is 14.7 Å². The summed E-state index contributed by atoms with van der Waals surface area (Å²) < 4.78 is 6.01.